The predicted octanol–water partition coefficient (Wildman–Crippen LogP) is 4.14. The molecule has 0 saturated carbocycles. The van der Waals surface area contributed by atoms with Crippen LogP contribution in [0.3, 0.4) is 0 Å². The van der Waals surface area contributed by atoms with E-state index in [1.165, 1.54) is 6.92 Å². The second-order valence-electron chi connectivity index (χ2n) is 7.44. The van der Waals surface area contributed by atoms with Crippen molar-refractivity contribution in [3.8, 4) is 5.75 Å². The highest BCUT2D eigenvalue weighted by molar-refractivity contribution is 7.93. The molecular weight excluding hydrogens is 430 g/mol. The largest absolute Gasteiger partial charge is 0.494 e. The maximum absolute atomic E-state index is 13.5. The van der Waals surface area contributed by atoms with Crippen molar-refractivity contribution >= 4 is 27.3 Å². The van der Waals surface area contributed by atoms with Gasteiger partial charge in [-0.1, -0.05) is 11.2 Å². The lowest BCUT2D eigenvalue weighted by atomic mass is 10.1. The number of nitrogens with zero attached hydrogens (tertiary/aromatic N) is 2. The van der Waals surface area contributed by atoms with Crippen LogP contribution in [0.1, 0.15) is 29.5 Å². The summed E-state index contributed by atoms with van der Waals surface area (Å²) < 4.78 is 38.7. The van der Waals surface area contributed by atoms with Crippen molar-refractivity contribution in [1.82, 2.24) is 5.16 Å². The molecule has 170 valence electrons. The topological polar surface area (TPSA) is 102 Å². The average molecular weight is 458 g/mol. The Morgan fingerprint density at radius 3 is 2.31 bits per heavy atom. The number of hydrogen-bond donors (Lipinski definition) is 1. The van der Waals surface area contributed by atoms with Crippen molar-refractivity contribution in [3.05, 3.63) is 65.0 Å². The maximum atomic E-state index is 13.5. The molecule has 0 saturated heterocycles. The molecule has 0 aliphatic heterocycles. The molecule has 9 heteroatoms. The van der Waals surface area contributed by atoms with Gasteiger partial charge in [-0.2, -0.15) is 0 Å². The zero-order valence-corrected chi connectivity index (χ0v) is 19.6. The second kappa shape index (κ2) is 9.44. The summed E-state index contributed by atoms with van der Waals surface area (Å²) in [6.45, 7) is 8.92. The monoisotopic (exact) mass is 457 g/mol. The minimum absolute atomic E-state index is 0.0506. The zero-order valence-electron chi connectivity index (χ0n) is 18.8. The summed E-state index contributed by atoms with van der Waals surface area (Å²) in [7, 11) is -4.12. The van der Waals surface area contributed by atoms with Crippen molar-refractivity contribution in [1.29, 1.82) is 0 Å². The molecule has 0 spiro atoms. The highest BCUT2D eigenvalue weighted by atomic mass is 32.2. The van der Waals surface area contributed by atoms with E-state index in [-0.39, 0.29) is 16.3 Å². The van der Waals surface area contributed by atoms with E-state index in [0.29, 0.717) is 23.7 Å². The van der Waals surface area contributed by atoms with E-state index in [1.807, 2.05) is 32.9 Å². The fraction of sp³-hybridized carbons (Fsp3) is 0.304. The average Bonchev–Trinajstić information content (AvgIpc) is 3.08. The first-order chi connectivity index (χ1) is 15.1. The Morgan fingerprint density at radius 1 is 1.06 bits per heavy atom. The van der Waals surface area contributed by atoms with E-state index >= 15 is 0 Å². The van der Waals surface area contributed by atoms with Crippen LogP contribution < -0.4 is 14.4 Å². The summed E-state index contributed by atoms with van der Waals surface area (Å²) in [6.07, 6.45) is 0. The van der Waals surface area contributed by atoms with Crippen LogP contribution in [0, 0.1) is 27.7 Å². The Morgan fingerprint density at radius 2 is 1.75 bits per heavy atom. The van der Waals surface area contributed by atoms with Crippen LogP contribution in [-0.2, 0) is 14.8 Å². The third kappa shape index (κ3) is 4.94. The number of carbonyl (C=O) groups excluding carboxylic acids is 1. The molecule has 1 heterocycles. The van der Waals surface area contributed by atoms with Crippen LogP contribution in [0.15, 0.2) is 51.9 Å². The molecule has 1 amide bonds. The number of rotatable bonds is 8. The summed E-state index contributed by atoms with van der Waals surface area (Å²) in [4.78, 5) is 12.8. The molecule has 1 aromatic heterocycles. The van der Waals surface area contributed by atoms with Crippen molar-refractivity contribution in [2.75, 3.05) is 22.8 Å². The van der Waals surface area contributed by atoms with E-state index in [1.54, 1.807) is 37.3 Å². The summed E-state index contributed by atoms with van der Waals surface area (Å²) >= 11 is 0. The Hall–Kier alpha value is -3.33. The summed E-state index contributed by atoms with van der Waals surface area (Å²) in [5.41, 5.74) is 3.27. The Balaban J connectivity index is 1.96. The number of aryl methyl sites for hydroxylation is 4. The van der Waals surface area contributed by atoms with E-state index in [2.05, 4.69) is 10.5 Å². The normalized spacial score (nSPS) is 11.3. The minimum atomic E-state index is -4.12. The molecule has 0 bridgehead atoms. The van der Waals surface area contributed by atoms with Crippen LogP contribution in [0.2, 0.25) is 0 Å². The highest BCUT2D eigenvalue weighted by Gasteiger charge is 2.33. The van der Waals surface area contributed by atoms with Crippen LogP contribution in [0.25, 0.3) is 0 Å². The van der Waals surface area contributed by atoms with Gasteiger partial charge < -0.3 is 14.6 Å². The fourth-order valence-electron chi connectivity index (χ4n) is 3.29. The number of ether oxygens (including phenoxy) is 1. The number of nitrogens with one attached hydrogen (secondary N) is 1. The number of amides is 1. The van der Waals surface area contributed by atoms with Crippen molar-refractivity contribution in [2.45, 2.75) is 39.5 Å². The van der Waals surface area contributed by atoms with Crippen molar-refractivity contribution < 1.29 is 22.5 Å². The van der Waals surface area contributed by atoms with Gasteiger partial charge in [0.05, 0.1) is 12.3 Å². The van der Waals surface area contributed by atoms with E-state index in [4.69, 9.17) is 9.26 Å². The van der Waals surface area contributed by atoms with Crippen molar-refractivity contribution in [2.24, 2.45) is 0 Å². The SMILES string of the molecule is CCOc1ccc(N(CC(=O)Nc2ccc(C)c(C)c2)S(=O)(=O)c2c(C)noc2C)cc1. The van der Waals surface area contributed by atoms with Gasteiger partial charge in [0.1, 0.15) is 18.0 Å². The molecule has 0 aliphatic carbocycles. The molecular formula is C23H27N3O5S. The first kappa shape index (κ1) is 23.3. The van der Waals surface area contributed by atoms with Gasteiger partial charge in [-0.3, -0.25) is 9.10 Å². The van der Waals surface area contributed by atoms with Gasteiger partial charge in [0.15, 0.2) is 10.7 Å². The Labute approximate surface area is 188 Å². The fourth-order valence-corrected chi connectivity index (χ4v) is 5.01. The minimum Gasteiger partial charge on any atom is -0.494 e. The summed E-state index contributed by atoms with van der Waals surface area (Å²) in [5.74, 6) is 0.288. The lowest BCUT2D eigenvalue weighted by molar-refractivity contribution is -0.114. The van der Waals surface area contributed by atoms with Crippen LogP contribution >= 0.6 is 0 Å². The highest BCUT2D eigenvalue weighted by Crippen LogP contribution is 2.29. The first-order valence-corrected chi connectivity index (χ1v) is 11.6. The Bertz CT molecular complexity index is 1200. The van der Waals surface area contributed by atoms with Gasteiger partial charge in [-0.25, -0.2) is 8.42 Å². The molecule has 32 heavy (non-hydrogen) atoms. The molecule has 0 unspecified atom stereocenters. The molecule has 8 nitrogen and oxygen atoms in total. The maximum Gasteiger partial charge on any atom is 0.270 e. The smallest absolute Gasteiger partial charge is 0.270 e. The second-order valence-corrected chi connectivity index (χ2v) is 9.24. The third-order valence-electron chi connectivity index (χ3n) is 5.03. The quantitative estimate of drug-likeness (QED) is 0.545. The number of hydrogen-bond acceptors (Lipinski definition) is 6. The van der Waals surface area contributed by atoms with Crippen molar-refractivity contribution in [3.63, 3.8) is 0 Å². The standard InChI is InChI=1S/C23H27N3O5S/c1-6-30-21-11-9-20(10-12-21)26(32(28,29)23-17(4)25-31-18(23)5)14-22(27)24-19-8-7-15(2)16(3)13-19/h7-13H,6,14H2,1-5H3,(H,24,27). The molecule has 1 N–H and O–H groups in total. The summed E-state index contributed by atoms with van der Waals surface area (Å²) in [5, 5.41) is 6.54. The Kier molecular flexibility index (Phi) is 6.88. The number of carbonyl (C=O) groups is 1. The van der Waals surface area contributed by atoms with Gasteiger partial charge in [0, 0.05) is 5.69 Å². The van der Waals surface area contributed by atoms with E-state index < -0.39 is 22.5 Å². The number of sulfonamides is 1. The van der Waals surface area contributed by atoms with Gasteiger partial charge >= 0.3 is 0 Å². The number of aromatic nitrogens is 1. The molecule has 2 aromatic carbocycles. The zero-order chi connectivity index (χ0) is 23.5. The number of benzene rings is 2. The molecule has 0 radical (unpaired) electrons. The molecule has 3 aromatic rings. The third-order valence-corrected chi connectivity index (χ3v) is 7.05. The predicted molar refractivity (Wildman–Crippen MR) is 123 cm³/mol. The number of anilines is 2. The van der Waals surface area contributed by atoms with Crippen LogP contribution in [-0.4, -0.2) is 32.6 Å². The van der Waals surface area contributed by atoms with Gasteiger partial charge in [-0.15, -0.1) is 0 Å². The van der Waals surface area contributed by atoms with E-state index in [0.717, 1.165) is 15.4 Å². The molecule has 0 aliphatic rings. The van der Waals surface area contributed by atoms with Crippen LogP contribution in [0.5, 0.6) is 5.75 Å². The molecule has 3 rings (SSSR count). The lowest BCUT2D eigenvalue weighted by Gasteiger charge is -2.24. The lowest BCUT2D eigenvalue weighted by Crippen LogP contribution is -2.38. The molecule has 0 fully saturated rings. The van der Waals surface area contributed by atoms with Gasteiger partial charge in [0.25, 0.3) is 10.0 Å². The van der Waals surface area contributed by atoms with Gasteiger partial charge in [-0.05, 0) is 82.1 Å². The molecule has 0 atom stereocenters. The summed E-state index contributed by atoms with van der Waals surface area (Å²) in [6, 6.07) is 12.1. The van der Waals surface area contributed by atoms with E-state index in [9.17, 15) is 13.2 Å². The first-order valence-electron chi connectivity index (χ1n) is 10.2. The van der Waals surface area contributed by atoms with Gasteiger partial charge in [0.2, 0.25) is 5.91 Å². The van der Waals surface area contributed by atoms with Crippen LogP contribution in [0.4, 0.5) is 11.4 Å².